The van der Waals surface area contributed by atoms with Crippen molar-refractivity contribution in [3.63, 3.8) is 0 Å². The normalized spacial score (nSPS) is 20.4. The molecule has 1 aromatic rings. The van der Waals surface area contributed by atoms with E-state index in [1.54, 1.807) is 23.1 Å². The average Bonchev–Trinajstić information content (AvgIpc) is 3.12. The number of carbonyl (C=O) groups excluding carboxylic acids is 2. The highest BCUT2D eigenvalue weighted by Gasteiger charge is 2.39. The van der Waals surface area contributed by atoms with Gasteiger partial charge in [0.15, 0.2) is 5.78 Å². The van der Waals surface area contributed by atoms with Crippen molar-refractivity contribution in [1.29, 1.82) is 0 Å². The zero-order chi connectivity index (χ0) is 17.8. The van der Waals surface area contributed by atoms with Crippen LogP contribution in [-0.2, 0) is 14.3 Å². The second-order valence-corrected chi connectivity index (χ2v) is 8.33. The summed E-state index contributed by atoms with van der Waals surface area (Å²) < 4.78 is 5.51. The van der Waals surface area contributed by atoms with Crippen molar-refractivity contribution in [3.05, 3.63) is 44.9 Å². The summed E-state index contributed by atoms with van der Waals surface area (Å²) in [6.07, 6.45) is 2.27. The van der Waals surface area contributed by atoms with E-state index in [2.05, 4.69) is 12.2 Å². The molecule has 0 saturated heterocycles. The molecule has 0 radical (unpaired) electrons. The van der Waals surface area contributed by atoms with Gasteiger partial charge in [-0.05, 0) is 47.9 Å². The van der Waals surface area contributed by atoms with Gasteiger partial charge in [0.2, 0.25) is 0 Å². The summed E-state index contributed by atoms with van der Waals surface area (Å²) in [4.78, 5) is 25.4. The average molecular weight is 378 g/mol. The van der Waals surface area contributed by atoms with Crippen LogP contribution < -0.4 is 5.32 Å². The molecule has 4 nitrogen and oxygen atoms in total. The van der Waals surface area contributed by atoms with Crippen LogP contribution in [0.25, 0.3) is 0 Å². The highest BCUT2D eigenvalue weighted by Crippen LogP contribution is 2.42. The van der Waals surface area contributed by atoms with Crippen molar-refractivity contribution >= 4 is 34.9 Å². The van der Waals surface area contributed by atoms with E-state index in [4.69, 9.17) is 4.74 Å². The maximum Gasteiger partial charge on any atom is 0.336 e. The molecule has 0 unspecified atom stereocenters. The van der Waals surface area contributed by atoms with E-state index in [9.17, 15) is 9.59 Å². The predicted octanol–water partition coefficient (Wildman–Crippen LogP) is 4.01. The van der Waals surface area contributed by atoms with Crippen molar-refractivity contribution in [2.24, 2.45) is 0 Å². The number of thioether (sulfide) groups is 1. The number of ether oxygens (including phenoxy) is 1. The predicted molar refractivity (Wildman–Crippen MR) is 103 cm³/mol. The van der Waals surface area contributed by atoms with E-state index in [1.165, 1.54) is 0 Å². The molecule has 134 valence electrons. The van der Waals surface area contributed by atoms with E-state index in [1.807, 2.05) is 23.8 Å². The van der Waals surface area contributed by atoms with Gasteiger partial charge in [-0.1, -0.05) is 6.92 Å². The van der Waals surface area contributed by atoms with E-state index in [-0.39, 0.29) is 17.7 Å². The van der Waals surface area contributed by atoms with E-state index in [0.29, 0.717) is 18.6 Å². The van der Waals surface area contributed by atoms with Gasteiger partial charge in [-0.15, -0.1) is 0 Å². The maximum absolute atomic E-state index is 12.8. The van der Waals surface area contributed by atoms with Gasteiger partial charge in [-0.25, -0.2) is 4.79 Å². The Balaban J connectivity index is 1.92. The standard InChI is InChI=1S/C19H23NO3S2/c1-3-24-10-8-23-19(22)16-12(2)20-14-5-4-6-15(21)18(14)17(16)13-7-9-25-11-13/h7,9,11,17,20H,3-6,8,10H2,1-2H3/t17-/m0/s1. The molecule has 0 bridgehead atoms. The summed E-state index contributed by atoms with van der Waals surface area (Å²) in [5, 5.41) is 7.32. The Labute approximate surface area is 156 Å². The van der Waals surface area contributed by atoms with E-state index < -0.39 is 0 Å². The molecule has 0 amide bonds. The lowest BCUT2D eigenvalue weighted by atomic mass is 9.76. The summed E-state index contributed by atoms with van der Waals surface area (Å²) in [6.45, 7) is 4.38. The second kappa shape index (κ2) is 8.23. The quantitative estimate of drug-likeness (QED) is 0.600. The molecule has 1 aliphatic carbocycles. The third-order valence-electron chi connectivity index (χ3n) is 4.54. The molecular weight excluding hydrogens is 354 g/mol. The number of ketones is 1. The van der Waals surface area contributed by atoms with Crippen LogP contribution in [0.3, 0.4) is 0 Å². The SMILES string of the molecule is CCSCCOC(=O)C1=C(C)NC2=C(C(=O)CCC2)[C@H]1c1ccsc1. The van der Waals surface area contributed by atoms with Crippen LogP contribution in [0, 0.1) is 0 Å². The van der Waals surface area contributed by atoms with Gasteiger partial charge in [0.25, 0.3) is 0 Å². The highest BCUT2D eigenvalue weighted by molar-refractivity contribution is 7.99. The molecule has 0 fully saturated rings. The Bertz CT molecular complexity index is 719. The fraction of sp³-hybridized carbons (Fsp3) is 0.474. The minimum Gasteiger partial charge on any atom is -0.461 e. The number of hydrogen-bond donors (Lipinski definition) is 1. The number of hydrogen-bond acceptors (Lipinski definition) is 6. The molecule has 1 aromatic heterocycles. The summed E-state index contributed by atoms with van der Waals surface area (Å²) in [5.41, 5.74) is 4.11. The van der Waals surface area contributed by atoms with Crippen LogP contribution in [0.1, 0.15) is 44.6 Å². The Morgan fingerprint density at radius 1 is 1.44 bits per heavy atom. The van der Waals surface area contributed by atoms with Gasteiger partial charge >= 0.3 is 5.97 Å². The van der Waals surface area contributed by atoms with Gasteiger partial charge in [-0.3, -0.25) is 4.79 Å². The first kappa shape index (κ1) is 18.3. The lowest BCUT2D eigenvalue weighted by Crippen LogP contribution is -2.34. The Morgan fingerprint density at radius 2 is 2.28 bits per heavy atom. The first-order valence-corrected chi connectivity index (χ1v) is 10.7. The molecule has 2 heterocycles. The number of allylic oxidation sites excluding steroid dienone is 3. The molecule has 6 heteroatoms. The molecule has 0 spiro atoms. The minimum absolute atomic E-state index is 0.143. The van der Waals surface area contributed by atoms with Crippen molar-refractivity contribution in [3.8, 4) is 0 Å². The lowest BCUT2D eigenvalue weighted by molar-refractivity contribution is -0.138. The first-order chi connectivity index (χ1) is 12.1. The van der Waals surface area contributed by atoms with Crippen LogP contribution in [0.15, 0.2) is 39.4 Å². The second-order valence-electron chi connectivity index (χ2n) is 6.16. The number of thiophene rings is 1. The Hall–Kier alpha value is -1.53. The Morgan fingerprint density at radius 3 is 3.00 bits per heavy atom. The number of nitrogens with one attached hydrogen (secondary N) is 1. The first-order valence-electron chi connectivity index (χ1n) is 8.64. The highest BCUT2D eigenvalue weighted by atomic mass is 32.2. The van der Waals surface area contributed by atoms with Crippen LogP contribution >= 0.6 is 23.1 Å². The van der Waals surface area contributed by atoms with Crippen molar-refractivity contribution in [1.82, 2.24) is 5.32 Å². The number of dihydropyridines is 1. The third kappa shape index (κ3) is 3.85. The van der Waals surface area contributed by atoms with Crippen molar-refractivity contribution in [2.45, 2.75) is 39.0 Å². The zero-order valence-corrected chi connectivity index (χ0v) is 16.2. The van der Waals surface area contributed by atoms with Crippen LogP contribution in [0.4, 0.5) is 0 Å². The van der Waals surface area contributed by atoms with Gasteiger partial charge in [-0.2, -0.15) is 23.1 Å². The number of esters is 1. The molecule has 25 heavy (non-hydrogen) atoms. The van der Waals surface area contributed by atoms with E-state index in [0.717, 1.165) is 46.9 Å². The van der Waals surface area contributed by atoms with Crippen molar-refractivity contribution in [2.75, 3.05) is 18.1 Å². The molecule has 3 rings (SSSR count). The molecule has 1 aliphatic heterocycles. The summed E-state index contributed by atoms with van der Waals surface area (Å²) in [7, 11) is 0. The zero-order valence-electron chi connectivity index (χ0n) is 14.6. The molecule has 2 aliphatic rings. The van der Waals surface area contributed by atoms with Crippen molar-refractivity contribution < 1.29 is 14.3 Å². The largest absolute Gasteiger partial charge is 0.461 e. The maximum atomic E-state index is 12.8. The van der Waals surface area contributed by atoms with Crippen LogP contribution in [0.2, 0.25) is 0 Å². The monoisotopic (exact) mass is 377 g/mol. The lowest BCUT2D eigenvalue weighted by Gasteiger charge is -2.33. The molecule has 0 aromatic carbocycles. The smallest absolute Gasteiger partial charge is 0.336 e. The molecular formula is C19H23NO3S2. The number of rotatable bonds is 6. The fourth-order valence-corrected chi connectivity index (χ4v) is 4.62. The van der Waals surface area contributed by atoms with Gasteiger partial charge in [0.1, 0.15) is 6.61 Å². The summed E-state index contributed by atoms with van der Waals surface area (Å²) in [5.74, 6) is 1.31. The third-order valence-corrected chi connectivity index (χ3v) is 6.10. The topological polar surface area (TPSA) is 55.4 Å². The fourth-order valence-electron chi connectivity index (χ4n) is 3.44. The summed E-state index contributed by atoms with van der Waals surface area (Å²) in [6, 6.07) is 2.00. The molecule has 1 N–H and O–H groups in total. The summed E-state index contributed by atoms with van der Waals surface area (Å²) >= 11 is 3.32. The minimum atomic E-state index is -0.317. The van der Waals surface area contributed by atoms with E-state index >= 15 is 0 Å². The number of Topliss-reactive ketones (excluding diaryl/α,β-unsaturated/α-hetero) is 1. The van der Waals surface area contributed by atoms with Gasteiger partial charge in [0, 0.05) is 35.1 Å². The molecule has 0 saturated carbocycles. The number of carbonyl (C=O) groups is 2. The molecule has 1 atom stereocenters. The van der Waals surface area contributed by atoms with Gasteiger partial charge < -0.3 is 10.1 Å². The Kier molecular flexibility index (Phi) is 6.02. The van der Waals surface area contributed by atoms with Gasteiger partial charge in [0.05, 0.1) is 5.57 Å². The van der Waals surface area contributed by atoms with Crippen LogP contribution in [0.5, 0.6) is 0 Å². The van der Waals surface area contributed by atoms with Crippen LogP contribution in [-0.4, -0.2) is 29.9 Å².